The number of aliphatic hydroxyl groups is 1. The number of ether oxygens (including phenoxy) is 1. The summed E-state index contributed by atoms with van der Waals surface area (Å²) >= 11 is 0. The molecule has 1 fully saturated rings. The highest BCUT2D eigenvalue weighted by molar-refractivity contribution is 5.82. The van der Waals surface area contributed by atoms with Crippen molar-refractivity contribution in [3.63, 3.8) is 0 Å². The molecule has 1 aliphatic rings. The van der Waals surface area contributed by atoms with E-state index in [1.807, 2.05) is 35.2 Å². The minimum absolute atomic E-state index is 0.0128. The lowest BCUT2D eigenvalue weighted by molar-refractivity contribution is -0.149. The molecule has 0 amide bonds. The summed E-state index contributed by atoms with van der Waals surface area (Å²) in [5.41, 5.74) is 1.71. The number of carbonyl (C=O) groups excluding carboxylic acids is 1. The maximum atomic E-state index is 11.8. The Balaban J connectivity index is 1.68. The predicted molar refractivity (Wildman–Crippen MR) is 97.1 cm³/mol. The van der Waals surface area contributed by atoms with Crippen LogP contribution in [0.25, 0.3) is 16.6 Å². The molecule has 1 saturated heterocycles. The highest BCUT2D eigenvalue weighted by Crippen LogP contribution is 2.22. The highest BCUT2D eigenvalue weighted by Gasteiger charge is 2.27. The van der Waals surface area contributed by atoms with Crippen molar-refractivity contribution in [2.24, 2.45) is 5.92 Å². The summed E-state index contributed by atoms with van der Waals surface area (Å²) in [6, 6.07) is 9.52. The van der Waals surface area contributed by atoms with Crippen LogP contribution in [0.3, 0.4) is 0 Å². The zero-order valence-electron chi connectivity index (χ0n) is 14.7. The Kier molecular flexibility index (Phi) is 5.54. The molecule has 0 unspecified atom stereocenters. The first-order valence-corrected chi connectivity index (χ1v) is 8.78. The first-order valence-electron chi connectivity index (χ1n) is 8.78. The van der Waals surface area contributed by atoms with Crippen molar-refractivity contribution in [2.75, 3.05) is 26.2 Å². The number of rotatable bonds is 5. The fraction of sp³-hybridized carbons (Fsp3) is 0.421. The van der Waals surface area contributed by atoms with Crippen molar-refractivity contribution < 1.29 is 14.6 Å². The lowest BCUT2D eigenvalue weighted by Crippen LogP contribution is -2.38. The maximum Gasteiger partial charge on any atom is 0.309 e. The van der Waals surface area contributed by atoms with E-state index in [4.69, 9.17) is 4.74 Å². The monoisotopic (exact) mass is 354 g/mol. The molecule has 1 aromatic carbocycles. The molecule has 1 aliphatic heterocycles. The highest BCUT2D eigenvalue weighted by atomic mass is 16.5. The first-order chi connectivity index (χ1) is 12.6. The van der Waals surface area contributed by atoms with E-state index < -0.39 is 0 Å². The Morgan fingerprint density at radius 2 is 2.15 bits per heavy atom. The van der Waals surface area contributed by atoms with E-state index >= 15 is 0 Å². The van der Waals surface area contributed by atoms with Gasteiger partial charge in [0, 0.05) is 0 Å². The molecule has 0 bridgehead atoms. The largest absolute Gasteiger partial charge is 0.509 e. The predicted octanol–water partition coefficient (Wildman–Crippen LogP) is 2.63. The smallest absolute Gasteiger partial charge is 0.309 e. The van der Waals surface area contributed by atoms with Gasteiger partial charge in [0.2, 0.25) is 0 Å². The number of aliphatic hydroxyl groups excluding tert-OH is 1. The summed E-state index contributed by atoms with van der Waals surface area (Å²) < 4.78 is 5.07. The number of esters is 1. The third-order valence-corrected chi connectivity index (χ3v) is 4.61. The van der Waals surface area contributed by atoms with Crippen LogP contribution >= 0.6 is 0 Å². The number of fused-ring (bicyclic) bond motifs is 1. The van der Waals surface area contributed by atoms with Crippen molar-refractivity contribution in [2.45, 2.75) is 19.8 Å². The molecule has 0 aliphatic carbocycles. The molecule has 7 nitrogen and oxygen atoms in total. The molecule has 0 radical (unpaired) electrons. The number of nitrogens with one attached hydrogen (secondary N) is 1. The number of aromatic amines is 1. The number of para-hydroxylation sites is 2. The van der Waals surface area contributed by atoms with E-state index in [0.29, 0.717) is 38.4 Å². The lowest BCUT2D eigenvalue weighted by atomic mass is 9.97. The summed E-state index contributed by atoms with van der Waals surface area (Å²) in [5.74, 6) is 0.129. The van der Waals surface area contributed by atoms with Crippen molar-refractivity contribution in [1.29, 1.82) is 5.26 Å². The van der Waals surface area contributed by atoms with E-state index in [9.17, 15) is 15.2 Å². The van der Waals surface area contributed by atoms with Gasteiger partial charge in [0.1, 0.15) is 17.4 Å². The van der Waals surface area contributed by atoms with E-state index in [-0.39, 0.29) is 29.8 Å². The standard InChI is InChI=1S/C19H22N4O3/c1-2-26-19(25)13-7-9-23(10-8-13)12-17(24)14(11-20)18-21-15-5-3-4-6-16(15)22-18/h3-6,13,24H,2,7-10,12H2,1H3,(H,21,22). The molecule has 2 N–H and O–H groups in total. The summed E-state index contributed by atoms with van der Waals surface area (Å²) in [4.78, 5) is 21.3. The van der Waals surface area contributed by atoms with Crippen LogP contribution in [0.15, 0.2) is 30.0 Å². The van der Waals surface area contributed by atoms with Gasteiger partial charge in [-0.15, -0.1) is 0 Å². The number of piperidine rings is 1. The lowest BCUT2D eigenvalue weighted by Gasteiger charge is -2.30. The number of hydrogen-bond donors (Lipinski definition) is 2. The third-order valence-electron chi connectivity index (χ3n) is 4.61. The van der Waals surface area contributed by atoms with Gasteiger partial charge in [0.05, 0.1) is 30.1 Å². The topological polar surface area (TPSA) is 102 Å². The van der Waals surface area contributed by atoms with Crippen LogP contribution < -0.4 is 0 Å². The zero-order valence-corrected chi connectivity index (χ0v) is 14.7. The summed E-state index contributed by atoms with van der Waals surface area (Å²) in [7, 11) is 0. The molecule has 3 rings (SSSR count). The summed E-state index contributed by atoms with van der Waals surface area (Å²) in [6.07, 6.45) is 1.39. The number of carbonyl (C=O) groups is 1. The fourth-order valence-electron chi connectivity index (χ4n) is 3.20. The number of benzene rings is 1. The minimum atomic E-state index is -0.146. The van der Waals surface area contributed by atoms with Crippen molar-refractivity contribution in [3.05, 3.63) is 35.8 Å². The SMILES string of the molecule is CCOC(=O)C1CCN(CC(O)=C(C#N)c2nc3ccccc3[nH]2)CC1. The van der Waals surface area contributed by atoms with Gasteiger partial charge in [-0.1, -0.05) is 12.1 Å². The van der Waals surface area contributed by atoms with Crippen LogP contribution in [0.2, 0.25) is 0 Å². The molecule has 0 spiro atoms. The number of H-pyrrole nitrogens is 1. The molecular weight excluding hydrogens is 332 g/mol. The number of nitrogens with zero attached hydrogens (tertiary/aromatic N) is 3. The van der Waals surface area contributed by atoms with Crippen LogP contribution in [0, 0.1) is 17.2 Å². The van der Waals surface area contributed by atoms with E-state index in [0.717, 1.165) is 11.0 Å². The van der Waals surface area contributed by atoms with E-state index in [2.05, 4.69) is 9.97 Å². The van der Waals surface area contributed by atoms with Gasteiger partial charge in [-0.05, 0) is 45.0 Å². The quantitative estimate of drug-likeness (QED) is 0.486. The van der Waals surface area contributed by atoms with Crippen LogP contribution in [0.1, 0.15) is 25.6 Å². The number of imidazole rings is 1. The van der Waals surface area contributed by atoms with Gasteiger partial charge in [0.15, 0.2) is 5.82 Å². The Bertz CT molecular complexity index is 824. The molecule has 0 saturated carbocycles. The molecule has 1 aromatic heterocycles. The molecule has 2 heterocycles. The van der Waals surface area contributed by atoms with Crippen LogP contribution in [0.4, 0.5) is 0 Å². The summed E-state index contributed by atoms with van der Waals surface area (Å²) in [5, 5.41) is 19.9. The zero-order chi connectivity index (χ0) is 18.5. The van der Waals surface area contributed by atoms with Gasteiger partial charge in [-0.3, -0.25) is 9.69 Å². The third kappa shape index (κ3) is 3.86. The average Bonchev–Trinajstić information content (AvgIpc) is 3.06. The van der Waals surface area contributed by atoms with Gasteiger partial charge >= 0.3 is 5.97 Å². The van der Waals surface area contributed by atoms with Gasteiger partial charge in [-0.25, -0.2) is 4.98 Å². The number of allylic oxidation sites excluding steroid dienone is 1. The molecular formula is C19H22N4O3. The fourth-order valence-corrected chi connectivity index (χ4v) is 3.20. The van der Waals surface area contributed by atoms with E-state index in [1.165, 1.54) is 0 Å². The molecule has 0 atom stereocenters. The first kappa shape index (κ1) is 18.0. The Morgan fingerprint density at radius 1 is 1.42 bits per heavy atom. The normalized spacial score (nSPS) is 16.9. The number of hydrogen-bond acceptors (Lipinski definition) is 6. The van der Waals surface area contributed by atoms with Gasteiger partial charge in [0.25, 0.3) is 0 Å². The average molecular weight is 354 g/mol. The minimum Gasteiger partial charge on any atom is -0.509 e. The van der Waals surface area contributed by atoms with Gasteiger partial charge < -0.3 is 14.8 Å². The number of nitriles is 1. The number of likely N-dealkylation sites (tertiary alicyclic amines) is 1. The summed E-state index contributed by atoms with van der Waals surface area (Å²) in [6.45, 7) is 3.80. The van der Waals surface area contributed by atoms with Crippen molar-refractivity contribution >= 4 is 22.6 Å². The molecule has 26 heavy (non-hydrogen) atoms. The Labute approximate surface area is 151 Å². The second-order valence-corrected chi connectivity index (χ2v) is 6.34. The van der Waals surface area contributed by atoms with Crippen LogP contribution in [0.5, 0.6) is 0 Å². The van der Waals surface area contributed by atoms with Gasteiger partial charge in [-0.2, -0.15) is 5.26 Å². The van der Waals surface area contributed by atoms with Crippen molar-refractivity contribution in [3.8, 4) is 6.07 Å². The van der Waals surface area contributed by atoms with Crippen molar-refractivity contribution in [1.82, 2.24) is 14.9 Å². The molecule has 7 heteroatoms. The second kappa shape index (κ2) is 8.02. The van der Waals surface area contributed by atoms with Crippen LogP contribution in [-0.2, 0) is 9.53 Å². The Morgan fingerprint density at radius 3 is 2.81 bits per heavy atom. The van der Waals surface area contributed by atoms with E-state index in [1.54, 1.807) is 6.92 Å². The number of aromatic nitrogens is 2. The molecule has 2 aromatic rings. The second-order valence-electron chi connectivity index (χ2n) is 6.34. The molecule has 136 valence electrons. The van der Waals surface area contributed by atoms with Crippen LogP contribution in [-0.4, -0.2) is 52.2 Å². The Hall–Kier alpha value is -2.85. The maximum absolute atomic E-state index is 11.8.